The first kappa shape index (κ1) is 17.3. The lowest BCUT2D eigenvalue weighted by molar-refractivity contribution is 0.230. The Bertz CT molecular complexity index is 968. The quantitative estimate of drug-likeness (QED) is 0.684. The summed E-state index contributed by atoms with van der Waals surface area (Å²) < 4.78 is 7.50. The molecular formula is C23H26N4O. The van der Waals surface area contributed by atoms with Gasteiger partial charge < -0.3 is 9.64 Å². The van der Waals surface area contributed by atoms with Gasteiger partial charge in [0, 0.05) is 61.8 Å². The van der Waals surface area contributed by atoms with E-state index in [1.54, 1.807) is 7.11 Å². The monoisotopic (exact) mass is 374 g/mol. The van der Waals surface area contributed by atoms with Crippen molar-refractivity contribution in [1.82, 2.24) is 14.7 Å². The van der Waals surface area contributed by atoms with Gasteiger partial charge in [-0.2, -0.15) is 5.10 Å². The molecule has 0 unspecified atom stereocenters. The van der Waals surface area contributed by atoms with Gasteiger partial charge in [0.1, 0.15) is 11.4 Å². The Balaban J connectivity index is 1.36. The van der Waals surface area contributed by atoms with Crippen LogP contribution < -0.4 is 9.64 Å². The third kappa shape index (κ3) is 2.96. The molecule has 3 aromatic rings. The number of fused-ring (bicyclic) bond motifs is 2. The van der Waals surface area contributed by atoms with E-state index in [0.717, 1.165) is 36.6 Å². The van der Waals surface area contributed by atoms with Crippen molar-refractivity contribution in [2.75, 3.05) is 25.1 Å². The highest BCUT2D eigenvalue weighted by Gasteiger charge is 2.43. The van der Waals surface area contributed by atoms with E-state index in [9.17, 15) is 0 Å². The fraction of sp³-hybridized carbons (Fsp3) is 0.348. The van der Waals surface area contributed by atoms with Gasteiger partial charge >= 0.3 is 0 Å². The molecule has 2 saturated heterocycles. The van der Waals surface area contributed by atoms with Crippen molar-refractivity contribution in [2.45, 2.75) is 25.0 Å². The van der Waals surface area contributed by atoms with E-state index < -0.39 is 0 Å². The number of para-hydroxylation sites is 2. The van der Waals surface area contributed by atoms with Crippen molar-refractivity contribution in [3.63, 3.8) is 0 Å². The number of aryl methyl sites for hydroxylation is 1. The first-order chi connectivity index (χ1) is 13.7. The number of nitrogens with zero attached hydrogens (tertiary/aromatic N) is 4. The molecule has 2 fully saturated rings. The molecule has 0 aliphatic carbocycles. The van der Waals surface area contributed by atoms with Crippen molar-refractivity contribution in [1.29, 1.82) is 0 Å². The number of rotatable bonds is 5. The maximum atomic E-state index is 5.58. The molecule has 2 aliphatic rings. The Morgan fingerprint density at radius 1 is 1.00 bits per heavy atom. The molecule has 5 heteroatoms. The standard InChI is InChI=1S/C23H26N4O/c1-25-13-17(23(24-25)21-10-6-7-11-22(21)28-2)14-26-15-20-12-19(26)16-27(20)18-8-4-3-5-9-18/h3-11,13,19-20H,12,14-16H2,1-2H3/t19-,20-/m0/s1. The number of anilines is 1. The number of hydrogen-bond acceptors (Lipinski definition) is 4. The normalized spacial score (nSPS) is 21.4. The highest BCUT2D eigenvalue weighted by molar-refractivity contribution is 5.69. The fourth-order valence-electron chi connectivity index (χ4n) is 4.82. The molecule has 2 aliphatic heterocycles. The number of ether oxygens (including phenoxy) is 1. The van der Waals surface area contributed by atoms with Gasteiger partial charge in [-0.3, -0.25) is 9.58 Å². The molecule has 3 heterocycles. The second kappa shape index (κ2) is 6.99. The van der Waals surface area contributed by atoms with Crippen molar-refractivity contribution in [3.05, 3.63) is 66.4 Å². The lowest BCUT2D eigenvalue weighted by Gasteiger charge is -2.35. The minimum Gasteiger partial charge on any atom is -0.496 e. The summed E-state index contributed by atoms with van der Waals surface area (Å²) >= 11 is 0. The van der Waals surface area contributed by atoms with E-state index in [1.807, 2.05) is 29.9 Å². The van der Waals surface area contributed by atoms with Gasteiger partial charge in [-0.1, -0.05) is 30.3 Å². The van der Waals surface area contributed by atoms with E-state index in [0.29, 0.717) is 12.1 Å². The van der Waals surface area contributed by atoms with Crippen LogP contribution in [0.25, 0.3) is 11.3 Å². The van der Waals surface area contributed by atoms with E-state index in [-0.39, 0.29) is 0 Å². The number of piperazine rings is 1. The molecule has 2 atom stereocenters. The van der Waals surface area contributed by atoms with Crippen LogP contribution in [-0.2, 0) is 13.6 Å². The molecule has 0 N–H and O–H groups in total. The Labute approximate surface area is 166 Å². The summed E-state index contributed by atoms with van der Waals surface area (Å²) in [5, 5.41) is 4.76. The predicted molar refractivity (Wildman–Crippen MR) is 112 cm³/mol. The molecule has 0 radical (unpaired) electrons. The molecule has 0 spiro atoms. The maximum absolute atomic E-state index is 5.58. The number of aromatic nitrogens is 2. The van der Waals surface area contributed by atoms with Crippen LogP contribution in [0.1, 0.15) is 12.0 Å². The molecule has 0 amide bonds. The average Bonchev–Trinajstić information content (AvgIpc) is 3.43. The first-order valence-corrected chi connectivity index (χ1v) is 9.94. The zero-order valence-electron chi connectivity index (χ0n) is 16.5. The van der Waals surface area contributed by atoms with Crippen LogP contribution >= 0.6 is 0 Å². The maximum Gasteiger partial charge on any atom is 0.128 e. The largest absolute Gasteiger partial charge is 0.496 e. The lowest BCUT2D eigenvalue weighted by atomic mass is 10.1. The van der Waals surface area contributed by atoms with Crippen molar-refractivity contribution in [2.24, 2.45) is 7.05 Å². The summed E-state index contributed by atoms with van der Waals surface area (Å²) in [6.45, 7) is 3.16. The van der Waals surface area contributed by atoms with Crippen LogP contribution in [0, 0.1) is 0 Å². The summed E-state index contributed by atoms with van der Waals surface area (Å²) in [7, 11) is 3.72. The zero-order chi connectivity index (χ0) is 19.1. The molecular weight excluding hydrogens is 348 g/mol. The molecule has 1 aromatic heterocycles. The molecule has 144 valence electrons. The topological polar surface area (TPSA) is 33.5 Å². The number of benzene rings is 2. The van der Waals surface area contributed by atoms with Gasteiger partial charge in [0.15, 0.2) is 0 Å². The minimum absolute atomic E-state index is 0.607. The van der Waals surface area contributed by atoms with E-state index in [4.69, 9.17) is 9.84 Å². The van der Waals surface area contributed by atoms with E-state index in [2.05, 4.69) is 52.4 Å². The summed E-state index contributed by atoms with van der Waals surface area (Å²) in [5.74, 6) is 0.876. The van der Waals surface area contributed by atoms with Crippen molar-refractivity contribution >= 4 is 5.69 Å². The first-order valence-electron chi connectivity index (χ1n) is 9.94. The highest BCUT2D eigenvalue weighted by atomic mass is 16.5. The Hall–Kier alpha value is -2.79. The number of hydrogen-bond donors (Lipinski definition) is 0. The molecule has 2 bridgehead atoms. The highest BCUT2D eigenvalue weighted by Crippen LogP contribution is 2.37. The zero-order valence-corrected chi connectivity index (χ0v) is 16.5. The van der Waals surface area contributed by atoms with E-state index >= 15 is 0 Å². The van der Waals surface area contributed by atoms with Crippen LogP contribution in [0.3, 0.4) is 0 Å². The number of likely N-dealkylation sites (tertiary alicyclic amines) is 1. The lowest BCUT2D eigenvalue weighted by Crippen LogP contribution is -2.46. The molecule has 5 nitrogen and oxygen atoms in total. The van der Waals surface area contributed by atoms with Crippen LogP contribution in [-0.4, -0.2) is 47.0 Å². The van der Waals surface area contributed by atoms with Gasteiger partial charge in [-0.05, 0) is 30.7 Å². The Morgan fingerprint density at radius 3 is 2.54 bits per heavy atom. The minimum atomic E-state index is 0.607. The van der Waals surface area contributed by atoms with Gasteiger partial charge in [-0.15, -0.1) is 0 Å². The summed E-state index contributed by atoms with van der Waals surface area (Å²) in [6.07, 6.45) is 3.40. The smallest absolute Gasteiger partial charge is 0.128 e. The fourth-order valence-corrected chi connectivity index (χ4v) is 4.82. The second-order valence-corrected chi connectivity index (χ2v) is 7.84. The summed E-state index contributed by atoms with van der Waals surface area (Å²) in [5.41, 5.74) is 4.72. The van der Waals surface area contributed by atoms with Crippen LogP contribution in [0.2, 0.25) is 0 Å². The SMILES string of the molecule is COc1ccccc1-c1nn(C)cc1CN1C[C@@H]2C[C@H]1CN2c1ccccc1. The third-order valence-corrected chi connectivity index (χ3v) is 6.08. The predicted octanol–water partition coefficient (Wildman–Crippen LogP) is 3.56. The van der Waals surface area contributed by atoms with Crippen LogP contribution in [0.15, 0.2) is 60.8 Å². The molecule has 5 rings (SSSR count). The Kier molecular flexibility index (Phi) is 4.32. The second-order valence-electron chi connectivity index (χ2n) is 7.84. The van der Waals surface area contributed by atoms with Crippen LogP contribution in [0.5, 0.6) is 5.75 Å². The average molecular weight is 374 g/mol. The molecule has 0 saturated carbocycles. The summed E-state index contributed by atoms with van der Waals surface area (Å²) in [6, 6.07) is 20.2. The van der Waals surface area contributed by atoms with Crippen molar-refractivity contribution < 1.29 is 4.74 Å². The summed E-state index contributed by atoms with van der Waals surface area (Å²) in [4.78, 5) is 5.20. The van der Waals surface area contributed by atoms with E-state index in [1.165, 1.54) is 17.7 Å². The molecule has 28 heavy (non-hydrogen) atoms. The van der Waals surface area contributed by atoms with Gasteiger partial charge in [-0.25, -0.2) is 0 Å². The third-order valence-electron chi connectivity index (χ3n) is 6.08. The van der Waals surface area contributed by atoms with Gasteiger partial charge in [0.05, 0.1) is 7.11 Å². The van der Waals surface area contributed by atoms with Crippen molar-refractivity contribution in [3.8, 4) is 17.0 Å². The van der Waals surface area contributed by atoms with Gasteiger partial charge in [0.2, 0.25) is 0 Å². The van der Waals surface area contributed by atoms with Crippen LogP contribution in [0.4, 0.5) is 5.69 Å². The molecule has 2 aromatic carbocycles. The van der Waals surface area contributed by atoms with Gasteiger partial charge in [0.25, 0.3) is 0 Å². The Morgan fingerprint density at radius 2 is 1.79 bits per heavy atom. The number of methoxy groups -OCH3 is 1.